The molecule has 2 rings (SSSR count). The van der Waals surface area contributed by atoms with E-state index < -0.39 is 0 Å². The molecule has 6 nitrogen and oxygen atoms in total. The van der Waals surface area contributed by atoms with E-state index in [1.54, 1.807) is 11.8 Å². The molecule has 0 bridgehead atoms. The fourth-order valence-electron chi connectivity index (χ4n) is 2.64. The maximum Gasteiger partial charge on any atom is 0.409 e. The molecule has 0 saturated carbocycles. The number of piperazine rings is 1. The van der Waals surface area contributed by atoms with Crippen LogP contribution in [0.25, 0.3) is 0 Å². The number of amides is 2. The SMILES string of the molecule is CCOC(=O)N1CCN(C(C)C(=O)Nc2cccc(C)c2)CC1. The summed E-state index contributed by atoms with van der Waals surface area (Å²) in [5.41, 5.74) is 1.92. The lowest BCUT2D eigenvalue weighted by molar-refractivity contribution is -0.121. The highest BCUT2D eigenvalue weighted by Crippen LogP contribution is 2.13. The molecule has 1 unspecified atom stereocenters. The zero-order valence-corrected chi connectivity index (χ0v) is 14.0. The molecule has 1 heterocycles. The Labute approximate surface area is 137 Å². The predicted molar refractivity (Wildman–Crippen MR) is 89.4 cm³/mol. The van der Waals surface area contributed by atoms with E-state index in [9.17, 15) is 9.59 Å². The number of carbonyl (C=O) groups excluding carboxylic acids is 2. The fraction of sp³-hybridized carbons (Fsp3) is 0.529. The molecule has 0 radical (unpaired) electrons. The third-order valence-electron chi connectivity index (χ3n) is 4.05. The first-order chi connectivity index (χ1) is 11.0. The highest BCUT2D eigenvalue weighted by Gasteiger charge is 2.27. The van der Waals surface area contributed by atoms with Crippen molar-refractivity contribution in [1.29, 1.82) is 0 Å². The second kappa shape index (κ2) is 7.97. The molecule has 1 aromatic carbocycles. The van der Waals surface area contributed by atoms with Crippen LogP contribution in [-0.2, 0) is 9.53 Å². The van der Waals surface area contributed by atoms with Gasteiger partial charge in [0, 0.05) is 31.9 Å². The van der Waals surface area contributed by atoms with Crippen molar-refractivity contribution >= 4 is 17.7 Å². The highest BCUT2D eigenvalue weighted by molar-refractivity contribution is 5.94. The van der Waals surface area contributed by atoms with Gasteiger partial charge in [-0.1, -0.05) is 12.1 Å². The van der Waals surface area contributed by atoms with E-state index in [1.165, 1.54) is 0 Å². The van der Waals surface area contributed by atoms with E-state index in [0.29, 0.717) is 32.8 Å². The summed E-state index contributed by atoms with van der Waals surface area (Å²) >= 11 is 0. The average Bonchev–Trinajstić information content (AvgIpc) is 2.54. The monoisotopic (exact) mass is 319 g/mol. The smallest absolute Gasteiger partial charge is 0.409 e. The Morgan fingerprint density at radius 3 is 2.57 bits per heavy atom. The van der Waals surface area contributed by atoms with E-state index in [1.807, 2.05) is 38.1 Å². The molecule has 1 fully saturated rings. The minimum atomic E-state index is -0.274. The van der Waals surface area contributed by atoms with Gasteiger partial charge in [-0.15, -0.1) is 0 Å². The summed E-state index contributed by atoms with van der Waals surface area (Å²) in [4.78, 5) is 27.8. The lowest BCUT2D eigenvalue weighted by Crippen LogP contribution is -2.54. The lowest BCUT2D eigenvalue weighted by atomic mass is 10.2. The van der Waals surface area contributed by atoms with Gasteiger partial charge in [-0.25, -0.2) is 4.79 Å². The van der Waals surface area contributed by atoms with E-state index >= 15 is 0 Å². The quantitative estimate of drug-likeness (QED) is 0.923. The molecule has 2 amide bonds. The number of hydrogen-bond donors (Lipinski definition) is 1. The van der Waals surface area contributed by atoms with E-state index in [4.69, 9.17) is 4.74 Å². The van der Waals surface area contributed by atoms with Crippen molar-refractivity contribution < 1.29 is 14.3 Å². The Kier molecular flexibility index (Phi) is 5.98. The van der Waals surface area contributed by atoms with Gasteiger partial charge >= 0.3 is 6.09 Å². The number of ether oxygens (including phenoxy) is 1. The van der Waals surface area contributed by atoms with Crippen LogP contribution in [0.4, 0.5) is 10.5 Å². The van der Waals surface area contributed by atoms with Crippen LogP contribution >= 0.6 is 0 Å². The molecule has 0 aliphatic carbocycles. The first-order valence-corrected chi connectivity index (χ1v) is 8.04. The van der Waals surface area contributed by atoms with Crippen LogP contribution in [0.1, 0.15) is 19.4 Å². The largest absolute Gasteiger partial charge is 0.450 e. The molecule has 0 aromatic heterocycles. The van der Waals surface area contributed by atoms with Crippen molar-refractivity contribution in [2.75, 3.05) is 38.1 Å². The van der Waals surface area contributed by atoms with Crippen molar-refractivity contribution in [3.63, 3.8) is 0 Å². The first-order valence-electron chi connectivity index (χ1n) is 8.04. The summed E-state index contributed by atoms with van der Waals surface area (Å²) in [5, 5.41) is 2.95. The zero-order valence-electron chi connectivity index (χ0n) is 14.0. The molecule has 23 heavy (non-hydrogen) atoms. The van der Waals surface area contributed by atoms with Gasteiger partial charge in [-0.3, -0.25) is 9.69 Å². The number of rotatable bonds is 4. The van der Waals surface area contributed by atoms with Crippen LogP contribution in [0, 0.1) is 6.92 Å². The summed E-state index contributed by atoms with van der Waals surface area (Å²) in [6.07, 6.45) is -0.274. The van der Waals surface area contributed by atoms with Gasteiger partial charge in [0.25, 0.3) is 0 Å². The van der Waals surface area contributed by atoms with Crippen molar-refractivity contribution in [1.82, 2.24) is 9.80 Å². The second-order valence-corrected chi connectivity index (χ2v) is 5.76. The normalized spacial score (nSPS) is 16.7. The van der Waals surface area contributed by atoms with Gasteiger partial charge in [-0.2, -0.15) is 0 Å². The van der Waals surface area contributed by atoms with Crippen molar-refractivity contribution in [3.05, 3.63) is 29.8 Å². The summed E-state index contributed by atoms with van der Waals surface area (Å²) < 4.78 is 5.00. The van der Waals surface area contributed by atoms with E-state index in [2.05, 4.69) is 10.2 Å². The molecule has 0 spiro atoms. The topological polar surface area (TPSA) is 61.9 Å². The number of carbonyl (C=O) groups is 2. The molecule has 1 N–H and O–H groups in total. The Morgan fingerprint density at radius 2 is 1.96 bits per heavy atom. The minimum Gasteiger partial charge on any atom is -0.450 e. The first kappa shape index (κ1) is 17.3. The summed E-state index contributed by atoms with van der Waals surface area (Å²) in [7, 11) is 0. The number of nitrogens with one attached hydrogen (secondary N) is 1. The number of hydrogen-bond acceptors (Lipinski definition) is 4. The molecule has 1 aliphatic heterocycles. The zero-order chi connectivity index (χ0) is 16.8. The third kappa shape index (κ3) is 4.69. The number of anilines is 1. The molecule has 6 heteroatoms. The second-order valence-electron chi connectivity index (χ2n) is 5.76. The molecule has 126 valence electrons. The Hall–Kier alpha value is -2.08. The van der Waals surface area contributed by atoms with Gasteiger partial charge in [0.1, 0.15) is 0 Å². The third-order valence-corrected chi connectivity index (χ3v) is 4.05. The van der Waals surface area contributed by atoms with E-state index in [-0.39, 0.29) is 18.0 Å². The van der Waals surface area contributed by atoms with Gasteiger partial charge in [0.05, 0.1) is 12.6 Å². The molecule has 1 atom stereocenters. The van der Waals surface area contributed by atoms with Gasteiger partial charge in [0.2, 0.25) is 5.91 Å². The molecule has 1 saturated heterocycles. The molecular weight excluding hydrogens is 294 g/mol. The molecular formula is C17H25N3O3. The van der Waals surface area contributed by atoms with Crippen LogP contribution in [0.15, 0.2) is 24.3 Å². The summed E-state index contributed by atoms with van der Waals surface area (Å²) in [6.45, 7) is 8.57. The molecule has 1 aliphatic rings. The maximum atomic E-state index is 12.4. The Bertz CT molecular complexity index is 554. The van der Waals surface area contributed by atoms with Crippen LogP contribution in [-0.4, -0.2) is 60.6 Å². The van der Waals surface area contributed by atoms with Crippen LogP contribution in [0.2, 0.25) is 0 Å². The maximum absolute atomic E-state index is 12.4. The number of benzene rings is 1. The predicted octanol–water partition coefficient (Wildman–Crippen LogP) is 2.10. The summed E-state index contributed by atoms with van der Waals surface area (Å²) in [6, 6.07) is 7.51. The number of nitrogens with zero attached hydrogens (tertiary/aromatic N) is 2. The van der Waals surface area contributed by atoms with Gasteiger partial charge in [-0.05, 0) is 38.5 Å². The Morgan fingerprint density at radius 1 is 1.26 bits per heavy atom. The van der Waals surface area contributed by atoms with Gasteiger partial charge in [0.15, 0.2) is 0 Å². The van der Waals surface area contributed by atoms with Crippen LogP contribution in [0.3, 0.4) is 0 Å². The highest BCUT2D eigenvalue weighted by atomic mass is 16.6. The van der Waals surface area contributed by atoms with Crippen molar-refractivity contribution in [3.8, 4) is 0 Å². The standard InChI is InChI=1S/C17H25N3O3/c1-4-23-17(22)20-10-8-19(9-11-20)14(3)16(21)18-15-7-5-6-13(2)12-15/h5-7,12,14H,4,8-11H2,1-3H3,(H,18,21). The van der Waals surface area contributed by atoms with Crippen LogP contribution in [0.5, 0.6) is 0 Å². The Balaban J connectivity index is 1.85. The van der Waals surface area contributed by atoms with Crippen LogP contribution < -0.4 is 5.32 Å². The van der Waals surface area contributed by atoms with Crippen molar-refractivity contribution in [2.45, 2.75) is 26.8 Å². The fourth-order valence-corrected chi connectivity index (χ4v) is 2.64. The molecule has 1 aromatic rings. The van der Waals surface area contributed by atoms with E-state index in [0.717, 1.165) is 11.3 Å². The number of aryl methyl sites for hydroxylation is 1. The van der Waals surface area contributed by atoms with Gasteiger partial charge < -0.3 is 15.0 Å². The van der Waals surface area contributed by atoms with Crippen molar-refractivity contribution in [2.24, 2.45) is 0 Å². The average molecular weight is 319 g/mol. The summed E-state index contributed by atoms with van der Waals surface area (Å²) in [5.74, 6) is -0.0276. The lowest BCUT2D eigenvalue weighted by Gasteiger charge is -2.36. The minimum absolute atomic E-state index is 0.0276.